The van der Waals surface area contributed by atoms with Crippen molar-refractivity contribution in [3.63, 3.8) is 0 Å². The van der Waals surface area contributed by atoms with Gasteiger partial charge in [0.25, 0.3) is 0 Å². The summed E-state index contributed by atoms with van der Waals surface area (Å²) in [5.74, 6) is 0.610. The third kappa shape index (κ3) is 2.48. The SMILES string of the molecule is Cc1nn(CC(C)C)cc1Cn1cncn1. The van der Waals surface area contributed by atoms with E-state index in [1.807, 2.05) is 16.3 Å². The maximum Gasteiger partial charge on any atom is 0.137 e. The van der Waals surface area contributed by atoms with Gasteiger partial charge < -0.3 is 0 Å². The number of aryl methyl sites for hydroxylation is 1. The molecule has 5 nitrogen and oxygen atoms in total. The molecule has 2 rings (SSSR count). The molecule has 2 aromatic rings. The van der Waals surface area contributed by atoms with Crippen molar-refractivity contribution in [2.24, 2.45) is 5.92 Å². The van der Waals surface area contributed by atoms with Gasteiger partial charge in [0.15, 0.2) is 0 Å². The molecular formula is C11H17N5. The zero-order chi connectivity index (χ0) is 11.5. The molecule has 0 atom stereocenters. The monoisotopic (exact) mass is 219 g/mol. The Morgan fingerprint density at radius 1 is 1.31 bits per heavy atom. The Bertz CT molecular complexity index is 441. The summed E-state index contributed by atoms with van der Waals surface area (Å²) in [6.45, 7) is 8.10. The normalized spacial score (nSPS) is 11.2. The number of aromatic nitrogens is 5. The third-order valence-electron chi connectivity index (χ3n) is 2.40. The minimum atomic E-state index is 0.610. The van der Waals surface area contributed by atoms with E-state index in [0.717, 1.165) is 18.8 Å². The number of hydrogen-bond donors (Lipinski definition) is 0. The van der Waals surface area contributed by atoms with Gasteiger partial charge in [0.1, 0.15) is 12.7 Å². The van der Waals surface area contributed by atoms with E-state index in [4.69, 9.17) is 0 Å². The van der Waals surface area contributed by atoms with Crippen molar-refractivity contribution in [2.45, 2.75) is 33.9 Å². The van der Waals surface area contributed by atoms with Crippen molar-refractivity contribution >= 4 is 0 Å². The standard InChI is InChI=1S/C11H17N5/c1-9(2)4-15-5-11(10(3)14-15)6-16-8-12-7-13-16/h5,7-9H,4,6H2,1-3H3. The van der Waals surface area contributed by atoms with Gasteiger partial charge in [-0.3, -0.25) is 4.68 Å². The van der Waals surface area contributed by atoms with Crippen molar-refractivity contribution < 1.29 is 0 Å². The lowest BCUT2D eigenvalue weighted by Gasteiger charge is -2.03. The zero-order valence-electron chi connectivity index (χ0n) is 9.96. The Kier molecular flexibility index (Phi) is 3.03. The van der Waals surface area contributed by atoms with Gasteiger partial charge in [-0.2, -0.15) is 10.2 Å². The summed E-state index contributed by atoms with van der Waals surface area (Å²) in [6, 6.07) is 0. The van der Waals surface area contributed by atoms with Crippen molar-refractivity contribution in [1.82, 2.24) is 24.5 Å². The Hall–Kier alpha value is -1.65. The summed E-state index contributed by atoms with van der Waals surface area (Å²) in [5.41, 5.74) is 2.27. The second-order valence-electron chi connectivity index (χ2n) is 4.45. The lowest BCUT2D eigenvalue weighted by atomic mass is 10.2. The highest BCUT2D eigenvalue weighted by Crippen LogP contribution is 2.08. The predicted octanol–water partition coefficient (Wildman–Crippen LogP) is 1.49. The van der Waals surface area contributed by atoms with Crippen molar-refractivity contribution in [2.75, 3.05) is 0 Å². The first-order chi connectivity index (χ1) is 7.65. The second-order valence-corrected chi connectivity index (χ2v) is 4.45. The van der Waals surface area contributed by atoms with Gasteiger partial charge in [-0.15, -0.1) is 0 Å². The fraction of sp³-hybridized carbons (Fsp3) is 0.545. The molecular weight excluding hydrogens is 202 g/mol. The molecule has 0 fully saturated rings. The molecule has 0 spiro atoms. The highest BCUT2D eigenvalue weighted by Gasteiger charge is 2.06. The first kappa shape index (κ1) is 10.9. The summed E-state index contributed by atoms with van der Waals surface area (Å²) < 4.78 is 3.82. The van der Waals surface area contributed by atoms with Crippen LogP contribution in [0.5, 0.6) is 0 Å². The highest BCUT2D eigenvalue weighted by molar-refractivity contribution is 5.15. The Balaban J connectivity index is 2.12. The number of nitrogens with zero attached hydrogens (tertiary/aromatic N) is 5. The molecule has 0 amide bonds. The van der Waals surface area contributed by atoms with Crippen LogP contribution in [0.25, 0.3) is 0 Å². The molecule has 0 unspecified atom stereocenters. The maximum absolute atomic E-state index is 4.49. The van der Waals surface area contributed by atoms with Crippen LogP contribution in [0.1, 0.15) is 25.1 Å². The fourth-order valence-corrected chi connectivity index (χ4v) is 1.67. The third-order valence-corrected chi connectivity index (χ3v) is 2.40. The molecule has 0 bridgehead atoms. The van der Waals surface area contributed by atoms with E-state index in [1.54, 1.807) is 12.7 Å². The molecule has 0 saturated heterocycles. The smallest absolute Gasteiger partial charge is 0.137 e. The molecule has 0 aliphatic heterocycles. The molecule has 0 saturated carbocycles. The molecule has 2 heterocycles. The van der Waals surface area contributed by atoms with E-state index >= 15 is 0 Å². The minimum absolute atomic E-state index is 0.610. The summed E-state index contributed by atoms with van der Waals surface area (Å²) >= 11 is 0. The van der Waals surface area contributed by atoms with Crippen LogP contribution in [0.4, 0.5) is 0 Å². The predicted molar refractivity (Wildman–Crippen MR) is 60.9 cm³/mol. The van der Waals surface area contributed by atoms with Gasteiger partial charge in [-0.1, -0.05) is 13.8 Å². The van der Waals surface area contributed by atoms with E-state index in [1.165, 1.54) is 5.56 Å². The number of rotatable bonds is 4. The number of hydrogen-bond acceptors (Lipinski definition) is 3. The fourth-order valence-electron chi connectivity index (χ4n) is 1.67. The van der Waals surface area contributed by atoms with E-state index in [9.17, 15) is 0 Å². The van der Waals surface area contributed by atoms with E-state index in [0.29, 0.717) is 5.92 Å². The first-order valence-electron chi connectivity index (χ1n) is 5.50. The van der Waals surface area contributed by atoms with Gasteiger partial charge in [0.2, 0.25) is 0 Å². The van der Waals surface area contributed by atoms with Crippen molar-refractivity contribution in [3.8, 4) is 0 Å². The van der Waals surface area contributed by atoms with E-state index < -0.39 is 0 Å². The topological polar surface area (TPSA) is 48.5 Å². The summed E-state index contributed by atoms with van der Waals surface area (Å²) in [7, 11) is 0. The van der Waals surface area contributed by atoms with Crippen LogP contribution in [-0.4, -0.2) is 24.5 Å². The van der Waals surface area contributed by atoms with Crippen LogP contribution in [0.2, 0.25) is 0 Å². The van der Waals surface area contributed by atoms with E-state index in [2.05, 4.69) is 35.2 Å². The summed E-state index contributed by atoms with van der Waals surface area (Å²) in [6.07, 6.45) is 5.37. The largest absolute Gasteiger partial charge is 0.272 e. The molecule has 2 aromatic heterocycles. The second kappa shape index (κ2) is 4.47. The first-order valence-corrected chi connectivity index (χ1v) is 5.50. The Morgan fingerprint density at radius 2 is 2.12 bits per heavy atom. The molecule has 0 N–H and O–H groups in total. The van der Waals surface area contributed by atoms with Gasteiger partial charge in [-0.25, -0.2) is 9.67 Å². The highest BCUT2D eigenvalue weighted by atomic mass is 15.3. The average Bonchev–Trinajstić information content (AvgIpc) is 2.77. The van der Waals surface area contributed by atoms with Gasteiger partial charge in [0, 0.05) is 18.3 Å². The van der Waals surface area contributed by atoms with Crippen molar-refractivity contribution in [3.05, 3.63) is 30.1 Å². The van der Waals surface area contributed by atoms with Gasteiger partial charge >= 0.3 is 0 Å². The lowest BCUT2D eigenvalue weighted by molar-refractivity contribution is 0.481. The lowest BCUT2D eigenvalue weighted by Crippen LogP contribution is -2.04. The zero-order valence-corrected chi connectivity index (χ0v) is 9.96. The molecule has 0 radical (unpaired) electrons. The molecule has 5 heteroatoms. The molecule has 0 aliphatic carbocycles. The van der Waals surface area contributed by atoms with Crippen LogP contribution < -0.4 is 0 Å². The maximum atomic E-state index is 4.49. The van der Waals surface area contributed by atoms with Crippen molar-refractivity contribution in [1.29, 1.82) is 0 Å². The van der Waals surface area contributed by atoms with Crippen LogP contribution in [0.3, 0.4) is 0 Å². The van der Waals surface area contributed by atoms with Crippen LogP contribution in [-0.2, 0) is 13.1 Å². The molecule has 16 heavy (non-hydrogen) atoms. The Labute approximate surface area is 95.1 Å². The molecule has 0 aliphatic rings. The van der Waals surface area contributed by atoms with Crippen LogP contribution >= 0.6 is 0 Å². The van der Waals surface area contributed by atoms with Gasteiger partial charge in [-0.05, 0) is 12.8 Å². The van der Waals surface area contributed by atoms with E-state index in [-0.39, 0.29) is 0 Å². The van der Waals surface area contributed by atoms with Crippen LogP contribution in [0.15, 0.2) is 18.9 Å². The molecule has 0 aromatic carbocycles. The average molecular weight is 219 g/mol. The Morgan fingerprint density at radius 3 is 2.75 bits per heavy atom. The van der Waals surface area contributed by atoms with Gasteiger partial charge in [0.05, 0.1) is 12.2 Å². The minimum Gasteiger partial charge on any atom is -0.272 e. The van der Waals surface area contributed by atoms with Crippen LogP contribution in [0, 0.1) is 12.8 Å². The quantitative estimate of drug-likeness (QED) is 0.782. The summed E-state index contributed by atoms with van der Waals surface area (Å²) in [5, 5.41) is 8.58. The summed E-state index contributed by atoms with van der Waals surface area (Å²) in [4.78, 5) is 3.93. The molecule has 86 valence electrons.